The van der Waals surface area contributed by atoms with Gasteiger partial charge in [0.25, 0.3) is 0 Å². The van der Waals surface area contributed by atoms with Crippen LogP contribution < -0.4 is 0 Å². The molecule has 0 radical (unpaired) electrons. The van der Waals surface area contributed by atoms with Crippen LogP contribution in [0.2, 0.25) is 0 Å². The number of alkyl halides is 5. The summed E-state index contributed by atoms with van der Waals surface area (Å²) in [6, 6.07) is 1.76. The highest BCUT2D eigenvalue weighted by Crippen LogP contribution is 2.43. The molecule has 0 saturated heterocycles. The van der Waals surface area contributed by atoms with Crippen LogP contribution in [0.3, 0.4) is 0 Å². The van der Waals surface area contributed by atoms with Gasteiger partial charge in [-0.25, -0.2) is 18.4 Å². The summed E-state index contributed by atoms with van der Waals surface area (Å²) >= 11 is 0. The lowest BCUT2D eigenvalue weighted by molar-refractivity contribution is -0.291. The van der Waals surface area contributed by atoms with Crippen molar-refractivity contribution in [2.75, 3.05) is 5.75 Å². The Morgan fingerprint density at radius 3 is 2.32 bits per heavy atom. The minimum atomic E-state index is -5.89. The molecule has 4 heterocycles. The molecule has 0 bridgehead atoms. The van der Waals surface area contributed by atoms with Crippen LogP contribution in [0.25, 0.3) is 34.1 Å². The molecular formula is C21H17F5N8O2S. The molecule has 194 valence electrons. The zero-order valence-electron chi connectivity index (χ0n) is 19.2. The zero-order valence-corrected chi connectivity index (χ0v) is 20.0. The maximum Gasteiger partial charge on any atom is 0.459 e. The molecule has 16 heteroatoms. The molecule has 0 aromatic carbocycles. The van der Waals surface area contributed by atoms with E-state index in [0.717, 1.165) is 18.5 Å². The Hall–Kier alpha value is -3.69. The normalized spacial score (nSPS) is 14.9. The number of imidazole rings is 1. The highest BCUT2D eigenvalue weighted by molar-refractivity contribution is 7.91. The third-order valence-electron chi connectivity index (χ3n) is 5.91. The molecule has 4 aromatic heterocycles. The van der Waals surface area contributed by atoms with Crippen molar-refractivity contribution in [2.45, 2.75) is 42.7 Å². The Balaban J connectivity index is 1.63. The van der Waals surface area contributed by atoms with Crippen molar-refractivity contribution in [1.82, 2.24) is 39.9 Å². The zero-order chi connectivity index (χ0) is 26.8. The Morgan fingerprint density at radius 2 is 1.73 bits per heavy atom. The van der Waals surface area contributed by atoms with E-state index in [2.05, 4.69) is 35.3 Å². The predicted octanol–water partition coefficient (Wildman–Crippen LogP) is 3.60. The molecule has 0 unspecified atom stereocenters. The second-order valence-electron chi connectivity index (χ2n) is 8.46. The molecular weight excluding hydrogens is 523 g/mol. The van der Waals surface area contributed by atoms with Crippen molar-refractivity contribution in [3.8, 4) is 22.9 Å². The molecule has 1 aliphatic rings. The largest absolute Gasteiger partial charge is 0.459 e. The van der Waals surface area contributed by atoms with Crippen molar-refractivity contribution < 1.29 is 30.4 Å². The fourth-order valence-electron chi connectivity index (χ4n) is 3.61. The number of sulfone groups is 1. The lowest BCUT2D eigenvalue weighted by atomic mass is 10.2. The molecule has 0 aliphatic heterocycles. The summed E-state index contributed by atoms with van der Waals surface area (Å²) in [4.78, 5) is 12.3. The predicted molar refractivity (Wildman–Crippen MR) is 118 cm³/mol. The Bertz CT molecular complexity index is 1620. The van der Waals surface area contributed by atoms with Crippen LogP contribution in [0.5, 0.6) is 0 Å². The summed E-state index contributed by atoms with van der Waals surface area (Å²) in [6.07, 6.45) is -1.02. The average molecular weight is 540 g/mol. The van der Waals surface area contributed by atoms with Crippen LogP contribution >= 0.6 is 0 Å². The summed E-state index contributed by atoms with van der Waals surface area (Å²) < 4.78 is 93.1. The third-order valence-corrected chi connectivity index (χ3v) is 7.65. The fourth-order valence-corrected chi connectivity index (χ4v) is 4.66. The van der Waals surface area contributed by atoms with Crippen molar-refractivity contribution >= 4 is 21.0 Å². The number of pyridine rings is 1. The van der Waals surface area contributed by atoms with Crippen LogP contribution in [-0.2, 0) is 22.8 Å². The molecule has 4 aromatic rings. The Kier molecular flexibility index (Phi) is 5.69. The number of nitrogens with zero attached hydrogens (tertiary/aromatic N) is 8. The number of halogens is 5. The van der Waals surface area contributed by atoms with E-state index in [4.69, 9.17) is 0 Å². The van der Waals surface area contributed by atoms with Gasteiger partial charge in [0.1, 0.15) is 16.9 Å². The number of fused-ring (bicyclic) bond motifs is 1. The molecule has 0 atom stereocenters. The van der Waals surface area contributed by atoms with E-state index in [0.29, 0.717) is 12.0 Å². The van der Waals surface area contributed by atoms with Gasteiger partial charge in [-0.05, 0) is 25.0 Å². The minimum Gasteiger partial charge on any atom is -0.309 e. The maximum atomic E-state index is 13.8. The van der Waals surface area contributed by atoms with Crippen molar-refractivity contribution in [1.29, 1.82) is 0 Å². The fraction of sp³-hybridized carbons (Fsp3) is 0.381. The summed E-state index contributed by atoms with van der Waals surface area (Å²) in [5.74, 6) is -5.23. The van der Waals surface area contributed by atoms with Gasteiger partial charge >= 0.3 is 12.1 Å². The highest BCUT2D eigenvalue weighted by Gasteiger charge is 2.60. The lowest BCUT2D eigenvalue weighted by Crippen LogP contribution is -2.34. The van der Waals surface area contributed by atoms with Crippen LogP contribution in [-0.4, -0.2) is 60.3 Å². The maximum absolute atomic E-state index is 13.8. The Morgan fingerprint density at radius 1 is 1.00 bits per heavy atom. The van der Waals surface area contributed by atoms with Crippen molar-refractivity contribution in [3.05, 3.63) is 35.9 Å². The van der Waals surface area contributed by atoms with Gasteiger partial charge in [0, 0.05) is 24.7 Å². The summed E-state index contributed by atoms with van der Waals surface area (Å²) in [5.41, 5.74) is -1.28. The molecule has 10 nitrogen and oxygen atoms in total. The van der Waals surface area contributed by atoms with Crippen LogP contribution in [0.4, 0.5) is 22.0 Å². The molecule has 1 aliphatic carbocycles. The summed E-state index contributed by atoms with van der Waals surface area (Å²) in [7, 11) is -2.54. The van der Waals surface area contributed by atoms with E-state index in [1.807, 2.05) is 0 Å². The van der Waals surface area contributed by atoms with Gasteiger partial charge < -0.3 is 4.57 Å². The molecule has 5 rings (SSSR count). The van der Waals surface area contributed by atoms with Crippen LogP contribution in [0.15, 0.2) is 29.4 Å². The molecule has 1 saturated carbocycles. The van der Waals surface area contributed by atoms with Crippen LogP contribution in [0.1, 0.15) is 37.1 Å². The van der Waals surface area contributed by atoms with E-state index in [1.165, 1.54) is 30.8 Å². The second-order valence-corrected chi connectivity index (χ2v) is 10.7. The standard InChI is InChI=1S/C21H17F5N8O2S/c1-3-37(35,36)14-6-11(17-28-9-13(30-32-17)10-4-5-10)8-27-16(14)19-29-12-7-15(20(22,23)21(24,25)26)31-33-18(12)34(19)2/h6-10H,3-5H2,1-2H3. The second kappa shape index (κ2) is 8.43. The average Bonchev–Trinajstić information content (AvgIpc) is 3.66. The number of hydrogen-bond acceptors (Lipinski definition) is 9. The van der Waals surface area contributed by atoms with Gasteiger partial charge in [-0.15, -0.1) is 15.3 Å². The van der Waals surface area contributed by atoms with E-state index in [-0.39, 0.29) is 44.7 Å². The highest BCUT2D eigenvalue weighted by atomic mass is 32.2. The Labute approximate surface area is 205 Å². The van der Waals surface area contributed by atoms with Gasteiger partial charge in [-0.2, -0.15) is 27.1 Å². The molecule has 37 heavy (non-hydrogen) atoms. The molecule has 0 N–H and O–H groups in total. The van der Waals surface area contributed by atoms with E-state index in [1.54, 1.807) is 6.20 Å². The monoisotopic (exact) mass is 540 g/mol. The number of hydrogen-bond donors (Lipinski definition) is 0. The number of aromatic nitrogens is 8. The first-order chi connectivity index (χ1) is 17.3. The molecule has 0 spiro atoms. The van der Waals surface area contributed by atoms with Crippen LogP contribution in [0, 0.1) is 0 Å². The van der Waals surface area contributed by atoms with Gasteiger partial charge in [-0.3, -0.25) is 4.98 Å². The van der Waals surface area contributed by atoms with E-state index in [9.17, 15) is 30.4 Å². The quantitative estimate of drug-likeness (QED) is 0.337. The minimum absolute atomic E-state index is 0.126. The molecule has 0 amide bonds. The lowest BCUT2D eigenvalue weighted by Gasteiger charge is -2.17. The molecule has 1 fully saturated rings. The first-order valence-corrected chi connectivity index (χ1v) is 12.6. The SMILES string of the molecule is CCS(=O)(=O)c1cc(-c2ncc(C3CC3)nn2)cnc1-c1nc2cc(C(F)(F)C(F)(F)F)nnc2n1C. The van der Waals surface area contributed by atoms with Gasteiger partial charge in [-0.1, -0.05) is 6.92 Å². The third kappa shape index (κ3) is 4.28. The number of rotatable bonds is 6. The topological polar surface area (TPSA) is 129 Å². The first-order valence-electron chi connectivity index (χ1n) is 10.9. The summed E-state index contributed by atoms with van der Waals surface area (Å²) in [6.45, 7) is 1.42. The van der Waals surface area contributed by atoms with E-state index < -0.39 is 27.6 Å². The smallest absolute Gasteiger partial charge is 0.309 e. The van der Waals surface area contributed by atoms with Gasteiger partial charge in [0.2, 0.25) is 0 Å². The number of aryl methyl sites for hydroxylation is 1. The van der Waals surface area contributed by atoms with Gasteiger partial charge in [0.05, 0.1) is 22.5 Å². The van der Waals surface area contributed by atoms with Crippen molar-refractivity contribution in [2.24, 2.45) is 7.05 Å². The van der Waals surface area contributed by atoms with Gasteiger partial charge in [0.15, 0.2) is 27.1 Å². The van der Waals surface area contributed by atoms with E-state index >= 15 is 0 Å². The van der Waals surface area contributed by atoms with Crippen molar-refractivity contribution in [3.63, 3.8) is 0 Å². The first kappa shape index (κ1) is 25.0. The summed E-state index contributed by atoms with van der Waals surface area (Å²) in [5, 5.41) is 14.7.